The molecule has 7 heteroatoms. The van der Waals surface area contributed by atoms with Crippen molar-refractivity contribution in [1.82, 2.24) is 10.3 Å². The van der Waals surface area contributed by atoms with Crippen LogP contribution in [-0.4, -0.2) is 29.8 Å². The monoisotopic (exact) mass is 307 g/mol. The minimum absolute atomic E-state index is 0.0386. The smallest absolute Gasteiger partial charge is 0.231 e. The number of thiazole rings is 1. The maximum absolute atomic E-state index is 11.4. The van der Waals surface area contributed by atoms with Gasteiger partial charge in [-0.2, -0.15) is 5.26 Å². The summed E-state index contributed by atoms with van der Waals surface area (Å²) in [5, 5.41) is 10.9. The maximum Gasteiger partial charge on any atom is 0.231 e. The molecule has 0 bridgehead atoms. The second kappa shape index (κ2) is 7.12. The number of rotatable bonds is 6. The van der Waals surface area contributed by atoms with Crippen molar-refractivity contribution in [3.63, 3.8) is 0 Å². The van der Waals surface area contributed by atoms with Gasteiger partial charge in [0.1, 0.15) is 12.3 Å². The van der Waals surface area contributed by atoms with Crippen LogP contribution in [0.2, 0.25) is 0 Å². The lowest BCUT2D eigenvalue weighted by molar-refractivity contribution is -0.118. The molecule has 2 rings (SSSR count). The highest BCUT2D eigenvalue weighted by atomic mass is 32.2. The van der Waals surface area contributed by atoms with E-state index >= 15 is 0 Å². The number of nitrogens with zero attached hydrogens (tertiary/aromatic N) is 2. The number of hydrogen-bond donors (Lipinski definition) is 1. The predicted molar refractivity (Wildman–Crippen MR) is 80.1 cm³/mol. The van der Waals surface area contributed by atoms with E-state index < -0.39 is 0 Å². The highest BCUT2D eigenvalue weighted by Crippen LogP contribution is 2.31. The first-order valence-electron chi connectivity index (χ1n) is 6.02. The summed E-state index contributed by atoms with van der Waals surface area (Å²) < 4.78 is 7.31. The van der Waals surface area contributed by atoms with E-state index in [-0.39, 0.29) is 18.2 Å². The Kier molecular flexibility index (Phi) is 5.21. The molecular formula is C13H13N3O2S2. The van der Waals surface area contributed by atoms with E-state index in [9.17, 15) is 4.79 Å². The predicted octanol–water partition coefficient (Wildman–Crippen LogP) is 2.43. The number of thioether (sulfide) groups is 1. The lowest BCUT2D eigenvalue weighted by atomic mass is 10.3. The van der Waals surface area contributed by atoms with Crippen LogP contribution in [0, 0.1) is 11.3 Å². The number of nitrogens with one attached hydrogen (secondary N) is 1. The largest absolute Gasteiger partial charge is 0.494 e. The quantitative estimate of drug-likeness (QED) is 0.655. The Morgan fingerprint density at radius 3 is 3.20 bits per heavy atom. The average Bonchev–Trinajstić information content (AvgIpc) is 2.85. The zero-order chi connectivity index (χ0) is 14.4. The van der Waals surface area contributed by atoms with Crippen LogP contribution < -0.4 is 10.1 Å². The lowest BCUT2D eigenvalue weighted by Gasteiger charge is -2.00. The van der Waals surface area contributed by atoms with Crippen molar-refractivity contribution in [3.8, 4) is 11.8 Å². The molecule has 0 unspecified atom stereocenters. The molecule has 0 aliphatic carbocycles. The summed E-state index contributed by atoms with van der Waals surface area (Å²) in [6.07, 6.45) is 0. The fourth-order valence-corrected chi connectivity index (χ4v) is 3.45. The van der Waals surface area contributed by atoms with Gasteiger partial charge in [-0.15, -0.1) is 11.3 Å². The molecule has 1 heterocycles. The number of ether oxygens (including phenoxy) is 1. The fourth-order valence-electron chi connectivity index (χ4n) is 1.52. The Balaban J connectivity index is 2.01. The summed E-state index contributed by atoms with van der Waals surface area (Å²) in [6, 6.07) is 7.62. The SMILES string of the molecule is CCOc1ccc2nc(SCC(=O)NCC#N)sc2c1. The minimum Gasteiger partial charge on any atom is -0.494 e. The third kappa shape index (κ3) is 3.85. The normalized spacial score (nSPS) is 10.2. The molecule has 0 radical (unpaired) electrons. The van der Waals surface area contributed by atoms with Gasteiger partial charge >= 0.3 is 0 Å². The Bertz CT molecular complexity index is 649. The standard InChI is InChI=1S/C13H13N3O2S2/c1-2-18-9-3-4-10-11(7-9)20-13(16-10)19-8-12(17)15-6-5-14/h3-4,7H,2,6,8H2,1H3,(H,15,17). The van der Waals surface area contributed by atoms with Gasteiger partial charge in [-0.05, 0) is 25.1 Å². The van der Waals surface area contributed by atoms with Gasteiger partial charge in [-0.1, -0.05) is 11.8 Å². The molecular weight excluding hydrogens is 294 g/mol. The number of aromatic nitrogens is 1. The number of carbonyl (C=O) groups excluding carboxylic acids is 1. The van der Waals surface area contributed by atoms with Crippen LogP contribution in [0.15, 0.2) is 22.5 Å². The van der Waals surface area contributed by atoms with Gasteiger partial charge < -0.3 is 10.1 Å². The minimum atomic E-state index is -0.161. The van der Waals surface area contributed by atoms with Gasteiger partial charge in [0.05, 0.1) is 28.6 Å². The van der Waals surface area contributed by atoms with Crippen molar-refractivity contribution >= 4 is 39.2 Å². The molecule has 1 aromatic carbocycles. The molecule has 0 fully saturated rings. The van der Waals surface area contributed by atoms with Crippen LogP contribution in [0.5, 0.6) is 5.75 Å². The van der Waals surface area contributed by atoms with Crippen LogP contribution in [0.25, 0.3) is 10.2 Å². The van der Waals surface area contributed by atoms with E-state index in [2.05, 4.69) is 10.3 Å². The van der Waals surface area contributed by atoms with Crippen LogP contribution in [0.1, 0.15) is 6.92 Å². The van der Waals surface area contributed by atoms with Gasteiger partial charge in [-0.25, -0.2) is 4.98 Å². The Morgan fingerprint density at radius 1 is 1.60 bits per heavy atom. The molecule has 5 nitrogen and oxygen atoms in total. The lowest BCUT2D eigenvalue weighted by Crippen LogP contribution is -2.25. The van der Waals surface area contributed by atoms with Crippen molar-refractivity contribution < 1.29 is 9.53 Å². The Morgan fingerprint density at radius 2 is 2.45 bits per heavy atom. The number of benzene rings is 1. The average molecular weight is 307 g/mol. The summed E-state index contributed by atoms with van der Waals surface area (Å²) in [5.41, 5.74) is 0.901. The number of hydrogen-bond acceptors (Lipinski definition) is 6. The Hall–Kier alpha value is -1.78. The summed E-state index contributed by atoms with van der Waals surface area (Å²) >= 11 is 2.90. The van der Waals surface area contributed by atoms with Crippen LogP contribution in [0.3, 0.4) is 0 Å². The van der Waals surface area contributed by atoms with Crippen LogP contribution in [-0.2, 0) is 4.79 Å². The molecule has 1 aromatic heterocycles. The molecule has 0 spiro atoms. The van der Waals surface area contributed by atoms with Gasteiger partial charge in [-0.3, -0.25) is 4.79 Å². The highest BCUT2D eigenvalue weighted by Gasteiger charge is 2.08. The first kappa shape index (κ1) is 14.6. The molecule has 2 aromatic rings. The van der Waals surface area contributed by atoms with E-state index in [0.29, 0.717) is 6.61 Å². The third-order valence-corrected chi connectivity index (χ3v) is 4.50. The molecule has 0 atom stereocenters. The summed E-state index contributed by atoms with van der Waals surface area (Å²) in [4.78, 5) is 15.9. The number of carbonyl (C=O) groups is 1. The zero-order valence-electron chi connectivity index (χ0n) is 10.9. The van der Waals surface area contributed by atoms with E-state index in [1.807, 2.05) is 31.2 Å². The molecule has 104 valence electrons. The van der Waals surface area contributed by atoms with E-state index in [1.165, 1.54) is 23.1 Å². The molecule has 0 saturated carbocycles. The highest BCUT2D eigenvalue weighted by molar-refractivity contribution is 8.01. The molecule has 1 N–H and O–H groups in total. The second-order valence-electron chi connectivity index (χ2n) is 3.77. The zero-order valence-corrected chi connectivity index (χ0v) is 12.5. The van der Waals surface area contributed by atoms with E-state index in [4.69, 9.17) is 10.00 Å². The molecule has 0 aliphatic rings. The van der Waals surface area contributed by atoms with Crippen molar-refractivity contribution in [3.05, 3.63) is 18.2 Å². The number of fused-ring (bicyclic) bond motifs is 1. The summed E-state index contributed by atoms with van der Waals surface area (Å²) in [6.45, 7) is 2.61. The third-order valence-electron chi connectivity index (χ3n) is 2.34. The van der Waals surface area contributed by atoms with Gasteiger partial charge in [0.15, 0.2) is 4.34 Å². The first-order valence-corrected chi connectivity index (χ1v) is 7.83. The molecule has 1 amide bonds. The van der Waals surface area contributed by atoms with Crippen LogP contribution in [0.4, 0.5) is 0 Å². The first-order chi connectivity index (χ1) is 9.72. The van der Waals surface area contributed by atoms with Gasteiger partial charge in [0, 0.05) is 0 Å². The second-order valence-corrected chi connectivity index (χ2v) is 6.02. The summed E-state index contributed by atoms with van der Waals surface area (Å²) in [5.74, 6) is 0.928. The number of nitriles is 1. The maximum atomic E-state index is 11.4. The van der Waals surface area contributed by atoms with E-state index in [1.54, 1.807) is 0 Å². The van der Waals surface area contributed by atoms with Crippen LogP contribution >= 0.6 is 23.1 Å². The molecule has 20 heavy (non-hydrogen) atoms. The molecule has 0 aliphatic heterocycles. The summed E-state index contributed by atoms with van der Waals surface area (Å²) in [7, 11) is 0. The molecule has 0 saturated heterocycles. The fraction of sp³-hybridized carbons (Fsp3) is 0.308. The van der Waals surface area contributed by atoms with Crippen molar-refractivity contribution in [2.75, 3.05) is 18.9 Å². The number of amides is 1. The topological polar surface area (TPSA) is 75.0 Å². The van der Waals surface area contributed by atoms with Crippen molar-refractivity contribution in [1.29, 1.82) is 5.26 Å². The Labute approximate surface area is 125 Å². The van der Waals surface area contributed by atoms with Gasteiger partial charge in [0.25, 0.3) is 0 Å². The van der Waals surface area contributed by atoms with Crippen molar-refractivity contribution in [2.45, 2.75) is 11.3 Å². The van der Waals surface area contributed by atoms with Crippen molar-refractivity contribution in [2.24, 2.45) is 0 Å². The van der Waals surface area contributed by atoms with E-state index in [0.717, 1.165) is 20.3 Å². The van der Waals surface area contributed by atoms with Gasteiger partial charge in [0.2, 0.25) is 5.91 Å².